The molecule has 0 atom stereocenters. The zero-order valence-corrected chi connectivity index (χ0v) is 11.6. The number of benzene rings is 2. The van der Waals surface area contributed by atoms with Gasteiger partial charge in [-0.05, 0) is 24.1 Å². The SMILES string of the molecule is Cc1ccc(CN2Cc3ccccc3C2=O)cc1[N+](=O)[O-]. The summed E-state index contributed by atoms with van der Waals surface area (Å²) in [7, 11) is 0. The number of nitro groups is 1. The molecule has 0 bridgehead atoms. The second-order valence-electron chi connectivity index (χ2n) is 5.20. The van der Waals surface area contributed by atoms with Gasteiger partial charge >= 0.3 is 0 Å². The molecule has 0 spiro atoms. The van der Waals surface area contributed by atoms with E-state index in [4.69, 9.17) is 0 Å². The van der Waals surface area contributed by atoms with Crippen LogP contribution in [-0.2, 0) is 13.1 Å². The maximum atomic E-state index is 12.3. The number of fused-ring (bicyclic) bond motifs is 1. The molecule has 2 aromatic rings. The molecule has 0 radical (unpaired) electrons. The number of hydrogen-bond donors (Lipinski definition) is 0. The fourth-order valence-corrected chi connectivity index (χ4v) is 2.61. The van der Waals surface area contributed by atoms with Gasteiger partial charge < -0.3 is 4.90 Å². The van der Waals surface area contributed by atoms with E-state index in [1.807, 2.05) is 30.3 Å². The summed E-state index contributed by atoms with van der Waals surface area (Å²) in [6.45, 7) is 2.64. The number of nitrogens with zero attached hydrogens (tertiary/aromatic N) is 2. The highest BCUT2D eigenvalue weighted by atomic mass is 16.6. The van der Waals surface area contributed by atoms with Gasteiger partial charge in [-0.3, -0.25) is 14.9 Å². The molecule has 1 heterocycles. The molecular formula is C16H14N2O3. The van der Waals surface area contributed by atoms with Crippen molar-refractivity contribution in [3.05, 3.63) is 74.8 Å². The third-order valence-corrected chi connectivity index (χ3v) is 3.74. The fourth-order valence-electron chi connectivity index (χ4n) is 2.61. The first kappa shape index (κ1) is 13.3. The van der Waals surface area contributed by atoms with Crippen molar-refractivity contribution in [2.75, 3.05) is 0 Å². The Labute approximate surface area is 122 Å². The van der Waals surface area contributed by atoms with Gasteiger partial charge in [0, 0.05) is 30.3 Å². The highest BCUT2D eigenvalue weighted by molar-refractivity contribution is 5.98. The van der Waals surface area contributed by atoms with E-state index in [0.29, 0.717) is 18.7 Å². The van der Waals surface area contributed by atoms with Crippen LogP contribution in [0.3, 0.4) is 0 Å². The molecule has 1 amide bonds. The van der Waals surface area contributed by atoms with Crippen LogP contribution in [0.25, 0.3) is 0 Å². The average molecular weight is 282 g/mol. The molecule has 1 aliphatic rings. The Balaban J connectivity index is 1.85. The van der Waals surface area contributed by atoms with E-state index < -0.39 is 0 Å². The van der Waals surface area contributed by atoms with Gasteiger partial charge in [0.1, 0.15) is 0 Å². The summed E-state index contributed by atoms with van der Waals surface area (Å²) in [5, 5.41) is 11.0. The number of carbonyl (C=O) groups is 1. The first-order chi connectivity index (χ1) is 10.1. The van der Waals surface area contributed by atoms with Gasteiger partial charge in [0.15, 0.2) is 0 Å². The largest absolute Gasteiger partial charge is 0.330 e. The summed E-state index contributed by atoms with van der Waals surface area (Å²) in [6.07, 6.45) is 0. The van der Waals surface area contributed by atoms with Gasteiger partial charge in [-0.15, -0.1) is 0 Å². The molecule has 0 unspecified atom stereocenters. The first-order valence-corrected chi connectivity index (χ1v) is 6.67. The Kier molecular flexibility index (Phi) is 3.17. The fraction of sp³-hybridized carbons (Fsp3) is 0.188. The number of aryl methyl sites for hydroxylation is 1. The highest BCUT2D eigenvalue weighted by Crippen LogP contribution is 2.26. The highest BCUT2D eigenvalue weighted by Gasteiger charge is 2.27. The molecule has 5 heteroatoms. The molecule has 0 saturated carbocycles. The van der Waals surface area contributed by atoms with Gasteiger partial charge in [0.25, 0.3) is 11.6 Å². The van der Waals surface area contributed by atoms with Crippen LogP contribution in [0.4, 0.5) is 5.69 Å². The molecule has 0 saturated heterocycles. The van der Waals surface area contributed by atoms with Crippen LogP contribution in [0, 0.1) is 17.0 Å². The number of amides is 1. The van der Waals surface area contributed by atoms with Crippen molar-refractivity contribution in [1.29, 1.82) is 0 Å². The monoisotopic (exact) mass is 282 g/mol. The molecule has 0 aromatic heterocycles. The van der Waals surface area contributed by atoms with Crippen LogP contribution in [0.15, 0.2) is 42.5 Å². The van der Waals surface area contributed by atoms with Gasteiger partial charge in [-0.2, -0.15) is 0 Å². The molecular weight excluding hydrogens is 268 g/mol. The molecule has 1 aliphatic heterocycles. The quantitative estimate of drug-likeness (QED) is 0.642. The third kappa shape index (κ3) is 2.38. The second-order valence-corrected chi connectivity index (χ2v) is 5.20. The van der Waals surface area contributed by atoms with E-state index in [9.17, 15) is 14.9 Å². The smallest absolute Gasteiger partial charge is 0.272 e. The minimum absolute atomic E-state index is 0.0196. The summed E-state index contributed by atoms with van der Waals surface area (Å²) < 4.78 is 0. The van der Waals surface area contributed by atoms with Crippen molar-refractivity contribution in [2.45, 2.75) is 20.0 Å². The molecule has 0 aliphatic carbocycles. The van der Waals surface area contributed by atoms with E-state index in [0.717, 1.165) is 16.7 Å². The Morgan fingerprint density at radius 1 is 1.24 bits per heavy atom. The van der Waals surface area contributed by atoms with Crippen molar-refractivity contribution in [1.82, 2.24) is 4.90 Å². The normalized spacial score (nSPS) is 13.4. The van der Waals surface area contributed by atoms with E-state index in [1.54, 1.807) is 24.0 Å². The molecule has 106 valence electrons. The van der Waals surface area contributed by atoms with Gasteiger partial charge in [0.2, 0.25) is 0 Å². The van der Waals surface area contributed by atoms with Crippen molar-refractivity contribution in [3.8, 4) is 0 Å². The minimum atomic E-state index is -0.389. The summed E-state index contributed by atoms with van der Waals surface area (Å²) in [6, 6.07) is 12.6. The number of hydrogen-bond acceptors (Lipinski definition) is 3. The lowest BCUT2D eigenvalue weighted by Crippen LogP contribution is -2.23. The Hall–Kier alpha value is -2.69. The summed E-state index contributed by atoms with van der Waals surface area (Å²) in [5.41, 5.74) is 3.22. The van der Waals surface area contributed by atoms with Crippen LogP contribution < -0.4 is 0 Å². The molecule has 3 rings (SSSR count). The predicted molar refractivity (Wildman–Crippen MR) is 77.9 cm³/mol. The average Bonchev–Trinajstić information content (AvgIpc) is 2.78. The van der Waals surface area contributed by atoms with Crippen molar-refractivity contribution in [2.24, 2.45) is 0 Å². The third-order valence-electron chi connectivity index (χ3n) is 3.74. The van der Waals surface area contributed by atoms with E-state index in [1.165, 1.54) is 0 Å². The maximum Gasteiger partial charge on any atom is 0.272 e. The summed E-state index contributed by atoms with van der Waals surface area (Å²) in [4.78, 5) is 24.6. The Bertz CT molecular complexity index is 740. The van der Waals surface area contributed by atoms with Crippen molar-refractivity contribution in [3.63, 3.8) is 0 Å². The zero-order valence-electron chi connectivity index (χ0n) is 11.6. The number of carbonyl (C=O) groups excluding carboxylic acids is 1. The van der Waals surface area contributed by atoms with E-state index in [-0.39, 0.29) is 16.5 Å². The standard InChI is InChI=1S/C16H14N2O3/c1-11-6-7-12(8-15(11)18(20)21)9-17-10-13-4-2-3-5-14(13)16(17)19/h2-8H,9-10H2,1H3. The van der Waals surface area contributed by atoms with Crippen LogP contribution >= 0.6 is 0 Å². The van der Waals surface area contributed by atoms with Crippen molar-refractivity contribution < 1.29 is 9.72 Å². The lowest BCUT2D eigenvalue weighted by molar-refractivity contribution is -0.385. The van der Waals surface area contributed by atoms with Crippen LogP contribution in [0.2, 0.25) is 0 Å². The first-order valence-electron chi connectivity index (χ1n) is 6.67. The molecule has 2 aromatic carbocycles. The topological polar surface area (TPSA) is 63.5 Å². The van der Waals surface area contributed by atoms with Gasteiger partial charge in [-0.1, -0.05) is 30.3 Å². The lowest BCUT2D eigenvalue weighted by atomic mass is 10.1. The Morgan fingerprint density at radius 3 is 2.71 bits per heavy atom. The van der Waals surface area contributed by atoms with Crippen molar-refractivity contribution >= 4 is 11.6 Å². The predicted octanol–water partition coefficient (Wildman–Crippen LogP) is 3.06. The minimum Gasteiger partial charge on any atom is -0.330 e. The second kappa shape index (κ2) is 5.01. The maximum absolute atomic E-state index is 12.3. The summed E-state index contributed by atoms with van der Waals surface area (Å²) >= 11 is 0. The van der Waals surface area contributed by atoms with E-state index >= 15 is 0 Å². The van der Waals surface area contributed by atoms with Crippen LogP contribution in [0.5, 0.6) is 0 Å². The number of nitro benzene ring substituents is 1. The molecule has 0 fully saturated rings. The van der Waals surface area contributed by atoms with Crippen LogP contribution in [-0.4, -0.2) is 15.7 Å². The molecule has 0 N–H and O–H groups in total. The lowest BCUT2D eigenvalue weighted by Gasteiger charge is -2.15. The van der Waals surface area contributed by atoms with Crippen LogP contribution in [0.1, 0.15) is 27.0 Å². The van der Waals surface area contributed by atoms with Gasteiger partial charge in [0.05, 0.1) is 4.92 Å². The number of rotatable bonds is 3. The molecule has 21 heavy (non-hydrogen) atoms. The van der Waals surface area contributed by atoms with Gasteiger partial charge in [-0.25, -0.2) is 0 Å². The molecule has 5 nitrogen and oxygen atoms in total. The Morgan fingerprint density at radius 2 is 2.00 bits per heavy atom. The summed E-state index contributed by atoms with van der Waals surface area (Å²) in [5.74, 6) is -0.0196. The zero-order chi connectivity index (χ0) is 15.0. The van der Waals surface area contributed by atoms with E-state index in [2.05, 4.69) is 0 Å².